The van der Waals surface area contributed by atoms with E-state index in [0.29, 0.717) is 5.69 Å². The van der Waals surface area contributed by atoms with E-state index in [0.717, 1.165) is 9.37 Å². The van der Waals surface area contributed by atoms with Crippen LogP contribution in [0.2, 0.25) is 5.02 Å². The highest BCUT2D eigenvalue weighted by molar-refractivity contribution is 9.10. The third-order valence-corrected chi connectivity index (χ3v) is 4.17. The van der Waals surface area contributed by atoms with Crippen molar-refractivity contribution in [3.63, 3.8) is 0 Å². The summed E-state index contributed by atoms with van der Waals surface area (Å²) >= 11 is 9.28. The highest BCUT2D eigenvalue weighted by atomic mass is 79.9. The summed E-state index contributed by atoms with van der Waals surface area (Å²) in [7, 11) is 0. The number of nitrogens with one attached hydrogen (secondary N) is 1. The maximum atomic E-state index is 12.3. The first-order chi connectivity index (χ1) is 11.0. The molecule has 1 aliphatic rings. The molecule has 3 rings (SSSR count). The highest BCUT2D eigenvalue weighted by Crippen LogP contribution is 2.29. The number of rotatable bonds is 3. The first-order valence-corrected chi connectivity index (χ1v) is 7.84. The lowest BCUT2D eigenvalue weighted by Crippen LogP contribution is -2.37. The summed E-state index contributed by atoms with van der Waals surface area (Å²) in [5, 5.41) is 2.85. The highest BCUT2D eigenvalue weighted by Gasteiger charge is 2.38. The fraction of sp³-hybridized carbons (Fsp3) is 0.0625. The lowest BCUT2D eigenvalue weighted by molar-refractivity contribution is -0.116. The number of imide groups is 1. The van der Waals surface area contributed by atoms with Gasteiger partial charge in [-0.2, -0.15) is 0 Å². The second kappa shape index (κ2) is 6.14. The molecule has 1 heterocycles. The minimum atomic E-state index is -0.556. The Morgan fingerprint density at radius 1 is 1.13 bits per heavy atom. The van der Waals surface area contributed by atoms with Gasteiger partial charge in [0, 0.05) is 10.2 Å². The predicted octanol–water partition coefficient (Wildman–Crippen LogP) is 3.34. The zero-order valence-corrected chi connectivity index (χ0v) is 14.0. The normalized spacial score (nSPS) is 13.2. The third kappa shape index (κ3) is 3.00. The molecule has 0 unspecified atom stereocenters. The summed E-state index contributed by atoms with van der Waals surface area (Å²) in [5.41, 5.74) is 0.936. The van der Waals surface area contributed by atoms with Gasteiger partial charge in [-0.3, -0.25) is 19.3 Å². The molecule has 0 aromatic heterocycles. The van der Waals surface area contributed by atoms with Gasteiger partial charge in [-0.05, 0) is 30.3 Å². The van der Waals surface area contributed by atoms with Crippen molar-refractivity contribution in [2.24, 2.45) is 0 Å². The molecule has 116 valence electrons. The van der Waals surface area contributed by atoms with Crippen molar-refractivity contribution in [1.82, 2.24) is 4.90 Å². The van der Waals surface area contributed by atoms with Gasteiger partial charge in [0.1, 0.15) is 6.54 Å². The van der Waals surface area contributed by atoms with Crippen LogP contribution in [-0.4, -0.2) is 29.2 Å². The van der Waals surface area contributed by atoms with E-state index in [-0.39, 0.29) is 22.7 Å². The fourth-order valence-electron chi connectivity index (χ4n) is 2.35. The first kappa shape index (κ1) is 15.7. The molecule has 0 spiro atoms. The Morgan fingerprint density at radius 3 is 2.57 bits per heavy atom. The molecule has 2 aromatic carbocycles. The van der Waals surface area contributed by atoms with Crippen LogP contribution in [0, 0.1) is 0 Å². The van der Waals surface area contributed by atoms with Crippen molar-refractivity contribution >= 4 is 50.9 Å². The van der Waals surface area contributed by atoms with Crippen LogP contribution in [0.5, 0.6) is 0 Å². The first-order valence-electron chi connectivity index (χ1n) is 6.67. The molecule has 0 saturated heterocycles. The quantitative estimate of drug-likeness (QED) is 0.813. The van der Waals surface area contributed by atoms with E-state index in [4.69, 9.17) is 11.6 Å². The summed E-state index contributed by atoms with van der Waals surface area (Å²) in [5.74, 6) is -1.54. The lowest BCUT2D eigenvalue weighted by atomic mass is 10.1. The van der Waals surface area contributed by atoms with Gasteiger partial charge in [-0.15, -0.1) is 0 Å². The molecule has 0 saturated carbocycles. The van der Waals surface area contributed by atoms with Gasteiger partial charge in [-0.25, -0.2) is 0 Å². The number of benzene rings is 2. The average molecular weight is 394 g/mol. The molecular formula is C16H10BrClN2O3. The monoisotopic (exact) mass is 392 g/mol. The molecule has 0 radical (unpaired) electrons. The zero-order chi connectivity index (χ0) is 16.6. The number of amides is 3. The Bertz CT molecular complexity index is 838. The Kier molecular flexibility index (Phi) is 4.19. The standard InChI is InChI=1S/C16H10BrClN2O3/c17-9-3-1-4-10(7-9)19-13(21)8-20-15(22)11-5-2-6-12(18)14(11)16(20)23/h1-7H,8H2,(H,19,21). The average Bonchev–Trinajstić information content (AvgIpc) is 2.73. The zero-order valence-electron chi connectivity index (χ0n) is 11.7. The fourth-order valence-corrected chi connectivity index (χ4v) is 3.00. The van der Waals surface area contributed by atoms with Gasteiger partial charge in [-0.1, -0.05) is 39.7 Å². The Labute approximate surface area is 145 Å². The molecule has 23 heavy (non-hydrogen) atoms. The molecule has 1 N–H and O–H groups in total. The Hall–Kier alpha value is -2.18. The molecule has 5 nitrogen and oxygen atoms in total. The molecular weight excluding hydrogens is 384 g/mol. The van der Waals surface area contributed by atoms with Gasteiger partial charge < -0.3 is 5.32 Å². The predicted molar refractivity (Wildman–Crippen MR) is 89.6 cm³/mol. The molecule has 7 heteroatoms. The van der Waals surface area contributed by atoms with Gasteiger partial charge in [0.25, 0.3) is 11.8 Å². The van der Waals surface area contributed by atoms with E-state index < -0.39 is 17.7 Å². The third-order valence-electron chi connectivity index (χ3n) is 3.36. The topological polar surface area (TPSA) is 66.5 Å². The molecule has 2 aromatic rings. The maximum absolute atomic E-state index is 12.3. The van der Waals surface area contributed by atoms with E-state index in [1.54, 1.807) is 24.3 Å². The smallest absolute Gasteiger partial charge is 0.263 e. The number of carbonyl (C=O) groups excluding carboxylic acids is 3. The van der Waals surface area contributed by atoms with Crippen LogP contribution in [0.4, 0.5) is 5.69 Å². The van der Waals surface area contributed by atoms with Crippen LogP contribution in [0.3, 0.4) is 0 Å². The molecule has 3 amide bonds. The summed E-state index contributed by atoms with van der Waals surface area (Å²) in [6.45, 7) is -0.366. The largest absolute Gasteiger partial charge is 0.324 e. The molecule has 0 aliphatic carbocycles. The summed E-state index contributed by atoms with van der Waals surface area (Å²) < 4.78 is 0.808. The summed E-state index contributed by atoms with van der Waals surface area (Å²) in [4.78, 5) is 37.6. The van der Waals surface area contributed by atoms with Crippen molar-refractivity contribution in [3.8, 4) is 0 Å². The van der Waals surface area contributed by atoms with Crippen molar-refractivity contribution in [1.29, 1.82) is 0 Å². The number of fused-ring (bicyclic) bond motifs is 1. The van der Waals surface area contributed by atoms with Crippen molar-refractivity contribution < 1.29 is 14.4 Å². The number of anilines is 1. The van der Waals surface area contributed by atoms with E-state index >= 15 is 0 Å². The SMILES string of the molecule is O=C(CN1C(=O)c2cccc(Cl)c2C1=O)Nc1cccc(Br)c1. The number of hydrogen-bond donors (Lipinski definition) is 1. The Morgan fingerprint density at radius 2 is 1.87 bits per heavy atom. The van der Waals surface area contributed by atoms with E-state index in [1.165, 1.54) is 12.1 Å². The van der Waals surface area contributed by atoms with Crippen LogP contribution in [0.25, 0.3) is 0 Å². The van der Waals surface area contributed by atoms with E-state index in [9.17, 15) is 14.4 Å². The van der Waals surface area contributed by atoms with Crippen molar-refractivity contribution in [2.75, 3.05) is 11.9 Å². The second-order valence-electron chi connectivity index (χ2n) is 4.92. The van der Waals surface area contributed by atoms with Gasteiger partial charge in [0.05, 0.1) is 16.1 Å². The van der Waals surface area contributed by atoms with Crippen molar-refractivity contribution in [3.05, 3.63) is 63.1 Å². The minimum Gasteiger partial charge on any atom is -0.324 e. The molecule has 1 aliphatic heterocycles. The van der Waals surface area contributed by atoms with Gasteiger partial charge in [0.2, 0.25) is 5.91 Å². The van der Waals surface area contributed by atoms with Gasteiger partial charge in [0.15, 0.2) is 0 Å². The van der Waals surface area contributed by atoms with Crippen LogP contribution in [0.15, 0.2) is 46.9 Å². The van der Waals surface area contributed by atoms with E-state index in [2.05, 4.69) is 21.2 Å². The second-order valence-corrected chi connectivity index (χ2v) is 6.24. The molecule has 0 atom stereocenters. The summed E-state index contributed by atoms with van der Waals surface area (Å²) in [6, 6.07) is 11.7. The number of carbonyl (C=O) groups is 3. The van der Waals surface area contributed by atoms with Gasteiger partial charge >= 0.3 is 0 Å². The summed E-state index contributed by atoms with van der Waals surface area (Å²) in [6.07, 6.45) is 0. The number of hydrogen-bond acceptors (Lipinski definition) is 3. The molecule has 0 bridgehead atoms. The number of halogens is 2. The lowest BCUT2D eigenvalue weighted by Gasteiger charge is -2.13. The van der Waals surface area contributed by atoms with Crippen LogP contribution in [-0.2, 0) is 4.79 Å². The number of nitrogens with zero attached hydrogens (tertiary/aromatic N) is 1. The van der Waals surface area contributed by atoms with Crippen LogP contribution in [0.1, 0.15) is 20.7 Å². The molecule has 0 fully saturated rings. The van der Waals surface area contributed by atoms with Crippen LogP contribution >= 0.6 is 27.5 Å². The maximum Gasteiger partial charge on any atom is 0.263 e. The van der Waals surface area contributed by atoms with Crippen molar-refractivity contribution in [2.45, 2.75) is 0 Å². The van der Waals surface area contributed by atoms with E-state index in [1.807, 2.05) is 6.07 Å². The Balaban J connectivity index is 1.77. The minimum absolute atomic E-state index is 0.148. The van der Waals surface area contributed by atoms with Crippen LogP contribution < -0.4 is 5.32 Å².